The van der Waals surface area contributed by atoms with Gasteiger partial charge in [-0.2, -0.15) is 5.10 Å². The van der Waals surface area contributed by atoms with Gasteiger partial charge in [-0.1, -0.05) is 25.4 Å². The summed E-state index contributed by atoms with van der Waals surface area (Å²) < 4.78 is 17.0. The normalized spacial score (nSPS) is 11.8. The summed E-state index contributed by atoms with van der Waals surface area (Å²) in [5.41, 5.74) is 3.00. The van der Waals surface area contributed by atoms with Gasteiger partial charge in [-0.15, -0.1) is 0 Å². The number of aryl methyl sites for hydroxylation is 2. The Morgan fingerprint density at radius 3 is 2.86 bits per heavy atom. The van der Waals surface area contributed by atoms with Gasteiger partial charge in [0.2, 0.25) is 5.91 Å². The second kappa shape index (κ2) is 8.78. The van der Waals surface area contributed by atoms with Gasteiger partial charge in [-0.05, 0) is 31.1 Å². The van der Waals surface area contributed by atoms with Crippen molar-refractivity contribution in [2.45, 2.75) is 33.7 Å². The minimum Gasteiger partial charge on any atom is -0.352 e. The quantitative estimate of drug-likeness (QED) is 0.593. The lowest BCUT2D eigenvalue weighted by atomic mass is 10.2. The first-order valence-corrected chi connectivity index (χ1v) is 9.93. The topological polar surface area (TPSA) is 64.7 Å². The molecule has 154 valence electrons. The largest absolute Gasteiger partial charge is 0.352 e. The van der Waals surface area contributed by atoms with E-state index in [1.807, 2.05) is 18.5 Å². The minimum atomic E-state index is -0.314. The van der Waals surface area contributed by atoms with Gasteiger partial charge in [-0.3, -0.25) is 9.48 Å². The van der Waals surface area contributed by atoms with E-state index in [9.17, 15) is 9.18 Å². The predicted octanol–water partition coefficient (Wildman–Crippen LogP) is 3.90. The fourth-order valence-electron chi connectivity index (χ4n) is 3.19. The maximum absolute atomic E-state index is 13.4. The van der Waals surface area contributed by atoms with Crippen LogP contribution >= 0.6 is 11.6 Å². The van der Waals surface area contributed by atoms with Gasteiger partial charge in [-0.25, -0.2) is 9.37 Å². The standard InChI is InChI=1S/C21H25ClFN5O/c1-13(2)12-28-21(22)16(14(3)26-28)6-8-20(29)24-10-9-19-25-17-11-15(23)5-7-18(17)27(19)4/h5-8,11,13H,9-10,12H2,1-4H3,(H,24,29)/b8-6+. The first-order valence-electron chi connectivity index (χ1n) is 9.56. The number of aromatic nitrogens is 4. The van der Waals surface area contributed by atoms with E-state index in [2.05, 4.69) is 29.2 Å². The molecule has 1 aromatic carbocycles. The fourth-order valence-corrected chi connectivity index (χ4v) is 3.49. The number of hydrogen-bond donors (Lipinski definition) is 1. The van der Waals surface area contributed by atoms with E-state index >= 15 is 0 Å². The maximum Gasteiger partial charge on any atom is 0.244 e. The lowest BCUT2D eigenvalue weighted by molar-refractivity contribution is -0.116. The lowest BCUT2D eigenvalue weighted by Crippen LogP contribution is -2.24. The van der Waals surface area contributed by atoms with Crippen LogP contribution in [0, 0.1) is 18.7 Å². The zero-order valence-electron chi connectivity index (χ0n) is 17.0. The van der Waals surface area contributed by atoms with Gasteiger partial charge in [0.05, 0.1) is 16.7 Å². The summed E-state index contributed by atoms with van der Waals surface area (Å²) >= 11 is 6.39. The number of hydrogen-bond acceptors (Lipinski definition) is 3. The molecule has 2 heterocycles. The molecule has 0 spiro atoms. The van der Waals surface area contributed by atoms with Gasteiger partial charge in [0.1, 0.15) is 16.8 Å². The lowest BCUT2D eigenvalue weighted by Gasteiger charge is -2.05. The molecule has 0 unspecified atom stereocenters. The van der Waals surface area contributed by atoms with Gasteiger partial charge in [0.15, 0.2) is 0 Å². The number of nitrogens with one attached hydrogen (secondary N) is 1. The Morgan fingerprint density at radius 1 is 1.38 bits per heavy atom. The highest BCUT2D eigenvalue weighted by molar-refractivity contribution is 6.31. The Hall–Kier alpha value is -2.67. The molecule has 29 heavy (non-hydrogen) atoms. The number of rotatable bonds is 7. The Labute approximate surface area is 174 Å². The number of imidazole rings is 1. The molecule has 8 heteroatoms. The summed E-state index contributed by atoms with van der Waals surface area (Å²) in [5.74, 6) is 0.670. The van der Waals surface area contributed by atoms with E-state index in [4.69, 9.17) is 11.6 Å². The highest BCUT2D eigenvalue weighted by Gasteiger charge is 2.12. The second-order valence-electron chi connectivity index (χ2n) is 7.46. The van der Waals surface area contributed by atoms with Crippen molar-refractivity contribution >= 4 is 34.6 Å². The van der Waals surface area contributed by atoms with Crippen LogP contribution in [0.4, 0.5) is 4.39 Å². The van der Waals surface area contributed by atoms with Gasteiger partial charge >= 0.3 is 0 Å². The molecular weight excluding hydrogens is 393 g/mol. The van der Waals surface area contributed by atoms with Crippen LogP contribution in [0.5, 0.6) is 0 Å². The van der Waals surface area contributed by atoms with Crippen molar-refractivity contribution in [2.75, 3.05) is 6.54 Å². The Balaban J connectivity index is 1.59. The molecular formula is C21H25ClFN5O. The molecule has 2 aromatic heterocycles. The predicted molar refractivity (Wildman–Crippen MR) is 113 cm³/mol. The first kappa shape index (κ1) is 21.0. The van der Waals surface area contributed by atoms with Crippen LogP contribution in [0.1, 0.15) is 30.9 Å². The number of amides is 1. The summed E-state index contributed by atoms with van der Waals surface area (Å²) in [6.07, 6.45) is 3.69. The van der Waals surface area contributed by atoms with Crippen LogP contribution in [0.3, 0.4) is 0 Å². The molecule has 0 atom stereocenters. The highest BCUT2D eigenvalue weighted by Crippen LogP contribution is 2.22. The third kappa shape index (κ3) is 4.85. The molecule has 0 aliphatic rings. The van der Waals surface area contributed by atoms with Crippen LogP contribution in [0.15, 0.2) is 24.3 Å². The molecule has 0 aliphatic carbocycles. The van der Waals surface area contributed by atoms with E-state index in [1.54, 1.807) is 16.8 Å². The number of nitrogens with zero attached hydrogens (tertiary/aromatic N) is 4. The van der Waals surface area contributed by atoms with Crippen molar-refractivity contribution in [2.24, 2.45) is 13.0 Å². The zero-order valence-corrected chi connectivity index (χ0v) is 17.8. The third-order valence-corrected chi connectivity index (χ3v) is 5.03. The van der Waals surface area contributed by atoms with Crippen LogP contribution in [0.25, 0.3) is 17.1 Å². The Morgan fingerprint density at radius 2 is 2.14 bits per heavy atom. The molecule has 0 saturated heterocycles. The maximum atomic E-state index is 13.4. The van der Waals surface area contributed by atoms with Crippen LogP contribution < -0.4 is 5.32 Å². The van der Waals surface area contributed by atoms with E-state index < -0.39 is 0 Å². The van der Waals surface area contributed by atoms with Crippen molar-refractivity contribution in [1.82, 2.24) is 24.6 Å². The molecule has 0 saturated carbocycles. The molecule has 6 nitrogen and oxygen atoms in total. The zero-order chi connectivity index (χ0) is 21.1. The fraction of sp³-hybridized carbons (Fsp3) is 0.381. The van der Waals surface area contributed by atoms with E-state index in [0.29, 0.717) is 29.6 Å². The highest BCUT2D eigenvalue weighted by atomic mass is 35.5. The number of benzene rings is 1. The van der Waals surface area contributed by atoms with E-state index in [1.165, 1.54) is 18.2 Å². The van der Waals surface area contributed by atoms with E-state index in [-0.39, 0.29) is 11.7 Å². The van der Waals surface area contributed by atoms with Crippen molar-refractivity contribution in [3.05, 3.63) is 52.3 Å². The smallest absolute Gasteiger partial charge is 0.244 e. The summed E-state index contributed by atoms with van der Waals surface area (Å²) in [7, 11) is 1.88. The molecule has 0 aliphatic heterocycles. The Kier molecular flexibility index (Phi) is 6.37. The Bertz CT molecular complexity index is 1070. The third-order valence-electron chi connectivity index (χ3n) is 4.63. The molecule has 0 fully saturated rings. The number of fused-ring (bicyclic) bond motifs is 1. The summed E-state index contributed by atoms with van der Waals surface area (Å²) in [4.78, 5) is 16.6. The number of carbonyl (C=O) groups excluding carboxylic acids is 1. The first-order chi connectivity index (χ1) is 13.8. The molecule has 3 aromatic rings. The number of carbonyl (C=O) groups is 1. The van der Waals surface area contributed by atoms with Gasteiger partial charge in [0, 0.05) is 44.3 Å². The van der Waals surface area contributed by atoms with Crippen LogP contribution in [-0.4, -0.2) is 31.8 Å². The summed E-state index contributed by atoms with van der Waals surface area (Å²) in [5, 5.41) is 7.80. The van der Waals surface area contributed by atoms with Crippen LogP contribution in [0.2, 0.25) is 5.15 Å². The van der Waals surface area contributed by atoms with Crippen molar-refractivity contribution in [1.29, 1.82) is 0 Å². The number of halogens is 2. The van der Waals surface area contributed by atoms with E-state index in [0.717, 1.165) is 29.1 Å². The van der Waals surface area contributed by atoms with Crippen molar-refractivity contribution < 1.29 is 9.18 Å². The molecule has 0 bridgehead atoms. The van der Waals surface area contributed by atoms with Crippen LogP contribution in [-0.2, 0) is 24.8 Å². The second-order valence-corrected chi connectivity index (χ2v) is 7.82. The van der Waals surface area contributed by atoms with Gasteiger partial charge < -0.3 is 9.88 Å². The molecule has 0 radical (unpaired) electrons. The summed E-state index contributed by atoms with van der Waals surface area (Å²) in [6.45, 7) is 7.20. The minimum absolute atomic E-state index is 0.220. The molecule has 1 amide bonds. The average Bonchev–Trinajstić information content (AvgIpc) is 3.09. The van der Waals surface area contributed by atoms with Crippen molar-refractivity contribution in [3.63, 3.8) is 0 Å². The molecule has 1 N–H and O–H groups in total. The molecule has 3 rings (SSSR count). The average molecular weight is 418 g/mol. The van der Waals surface area contributed by atoms with Crippen molar-refractivity contribution in [3.8, 4) is 0 Å². The SMILES string of the molecule is Cc1nn(CC(C)C)c(Cl)c1/C=C/C(=O)NCCc1nc2cc(F)ccc2n1C. The van der Waals surface area contributed by atoms with Gasteiger partial charge in [0.25, 0.3) is 0 Å². The monoisotopic (exact) mass is 417 g/mol. The summed E-state index contributed by atoms with van der Waals surface area (Å²) in [6, 6.07) is 4.52.